The number of amides is 2. The van der Waals surface area contributed by atoms with E-state index < -0.39 is 28.2 Å². The molecule has 8 nitrogen and oxygen atoms in total. The summed E-state index contributed by atoms with van der Waals surface area (Å²) in [4.78, 5) is 16.6. The molecule has 10 heteroatoms. The molecule has 0 fully saturated rings. The number of carbonyl (C=O) groups excluding carboxylic acids is 1. The van der Waals surface area contributed by atoms with E-state index in [0.29, 0.717) is 0 Å². The third kappa shape index (κ3) is 3.82. The highest BCUT2D eigenvalue weighted by Crippen LogP contribution is 2.38. The number of fused-ring (bicyclic) bond motifs is 2. The first-order valence-corrected chi connectivity index (χ1v) is 11.9. The molecule has 156 valence electrons. The molecule has 0 saturated carbocycles. The Bertz CT molecular complexity index is 1070. The fraction of sp³-hybridized carbons (Fsp3) is 0.474. The van der Waals surface area contributed by atoms with E-state index in [9.17, 15) is 19.2 Å². The van der Waals surface area contributed by atoms with Crippen molar-refractivity contribution >= 4 is 33.0 Å². The van der Waals surface area contributed by atoms with Crippen molar-refractivity contribution in [3.63, 3.8) is 0 Å². The largest absolute Gasteiger partial charge is 0.393 e. The SMILES string of the molecule is C[C@@](O)(CO)c1ncc(S(N)(=O)=NC(=O)Nc2c3c(cc4c2CCC4)CCC3)s1. The second-order valence-corrected chi connectivity index (χ2v) is 10.8. The summed E-state index contributed by atoms with van der Waals surface area (Å²) >= 11 is 0.865. The number of nitrogens with one attached hydrogen (secondary N) is 1. The summed E-state index contributed by atoms with van der Waals surface area (Å²) in [7, 11) is -3.53. The number of anilines is 1. The summed E-state index contributed by atoms with van der Waals surface area (Å²) in [5.41, 5.74) is 4.07. The topological polar surface area (TPSA) is 138 Å². The zero-order valence-corrected chi connectivity index (χ0v) is 17.7. The van der Waals surface area contributed by atoms with E-state index in [1.54, 1.807) is 0 Å². The van der Waals surface area contributed by atoms with Crippen LogP contribution in [0.2, 0.25) is 0 Å². The minimum absolute atomic E-state index is 0.0693. The highest BCUT2D eigenvalue weighted by Gasteiger charge is 2.28. The summed E-state index contributed by atoms with van der Waals surface area (Å²) in [6.07, 6.45) is 7.16. The number of aryl methyl sites for hydroxylation is 2. The minimum atomic E-state index is -3.53. The summed E-state index contributed by atoms with van der Waals surface area (Å²) in [5, 5.41) is 28.2. The van der Waals surface area contributed by atoms with Crippen molar-refractivity contribution in [2.24, 2.45) is 9.50 Å². The van der Waals surface area contributed by atoms with E-state index in [1.165, 1.54) is 24.2 Å². The minimum Gasteiger partial charge on any atom is -0.393 e. The Morgan fingerprint density at radius 3 is 2.52 bits per heavy atom. The fourth-order valence-electron chi connectivity index (χ4n) is 3.98. The van der Waals surface area contributed by atoms with Crippen molar-refractivity contribution in [1.29, 1.82) is 0 Å². The van der Waals surface area contributed by atoms with Crippen LogP contribution in [0, 0.1) is 0 Å². The van der Waals surface area contributed by atoms with Gasteiger partial charge in [0.2, 0.25) is 0 Å². The molecule has 5 N–H and O–H groups in total. The monoisotopic (exact) mass is 436 g/mol. The van der Waals surface area contributed by atoms with Crippen LogP contribution in [0.5, 0.6) is 0 Å². The van der Waals surface area contributed by atoms with Crippen molar-refractivity contribution in [1.82, 2.24) is 4.98 Å². The molecular formula is C19H24N4O4S2. The van der Waals surface area contributed by atoms with Crippen LogP contribution in [0.25, 0.3) is 0 Å². The molecule has 2 aliphatic rings. The van der Waals surface area contributed by atoms with Gasteiger partial charge in [0.15, 0.2) is 9.92 Å². The van der Waals surface area contributed by atoms with Gasteiger partial charge in [0.1, 0.15) is 14.8 Å². The summed E-state index contributed by atoms with van der Waals surface area (Å²) in [6.45, 7) is 0.835. The molecule has 29 heavy (non-hydrogen) atoms. The van der Waals surface area contributed by atoms with Crippen molar-refractivity contribution in [2.75, 3.05) is 11.9 Å². The lowest BCUT2D eigenvalue weighted by atomic mass is 9.99. The number of nitrogens with zero attached hydrogens (tertiary/aromatic N) is 2. The first-order chi connectivity index (χ1) is 13.7. The Hall–Kier alpha value is -1.85. The number of hydrogen-bond donors (Lipinski definition) is 4. The van der Waals surface area contributed by atoms with E-state index in [1.807, 2.05) is 0 Å². The van der Waals surface area contributed by atoms with Crippen LogP contribution in [-0.4, -0.2) is 32.0 Å². The van der Waals surface area contributed by atoms with E-state index in [-0.39, 0.29) is 9.22 Å². The second kappa shape index (κ2) is 7.44. The van der Waals surface area contributed by atoms with Gasteiger partial charge in [0.05, 0.1) is 12.8 Å². The smallest absolute Gasteiger partial charge is 0.354 e. The number of benzene rings is 1. The number of urea groups is 1. The zero-order valence-electron chi connectivity index (χ0n) is 16.1. The molecule has 1 heterocycles. The standard InChI is InChI=1S/C19H24N4O4S2/c1-19(26,10-24)17-21-9-15(28-17)29(20,27)23-18(25)22-16-13-6-2-4-11(13)8-12-5-3-7-14(12)16/h8-9,24,26H,2-7,10H2,1H3,(H3,20,22,23,25,27)/t19-,29?/m1/s1. The molecular weight excluding hydrogens is 412 g/mol. The molecule has 2 amide bonds. The van der Waals surface area contributed by atoms with Crippen molar-refractivity contribution in [3.8, 4) is 0 Å². The van der Waals surface area contributed by atoms with Crippen molar-refractivity contribution in [2.45, 2.75) is 55.3 Å². The number of aliphatic hydroxyl groups excluding tert-OH is 1. The average molecular weight is 437 g/mol. The number of nitrogens with two attached hydrogens (primary N) is 1. The van der Waals surface area contributed by atoms with Gasteiger partial charge in [-0.15, -0.1) is 15.7 Å². The first-order valence-electron chi connectivity index (χ1n) is 9.53. The molecule has 2 aromatic rings. The molecule has 0 radical (unpaired) electrons. The number of aliphatic hydroxyl groups is 2. The predicted octanol–water partition coefficient (Wildman–Crippen LogP) is 2.25. The van der Waals surface area contributed by atoms with E-state index in [4.69, 9.17) is 5.14 Å². The number of carbonyl (C=O) groups is 1. The van der Waals surface area contributed by atoms with Crippen LogP contribution >= 0.6 is 11.3 Å². The number of thiazole rings is 1. The zero-order chi connectivity index (χ0) is 20.8. The van der Waals surface area contributed by atoms with Crippen LogP contribution in [0.4, 0.5) is 10.5 Å². The van der Waals surface area contributed by atoms with Crippen LogP contribution in [0.3, 0.4) is 0 Å². The number of rotatable bonds is 4. The third-order valence-corrected chi connectivity index (χ3v) is 8.60. The Balaban J connectivity index is 1.63. The highest BCUT2D eigenvalue weighted by atomic mass is 32.2. The number of hydrogen-bond acceptors (Lipinski definition) is 6. The van der Waals surface area contributed by atoms with Gasteiger partial charge in [-0.1, -0.05) is 6.07 Å². The van der Waals surface area contributed by atoms with E-state index in [2.05, 4.69) is 20.7 Å². The number of aromatic nitrogens is 1. The average Bonchev–Trinajstić information content (AvgIpc) is 3.40. The fourth-order valence-corrected chi connectivity index (χ4v) is 6.07. The summed E-state index contributed by atoms with van der Waals surface area (Å²) in [6, 6.07) is 1.51. The molecule has 0 aliphatic heterocycles. The highest BCUT2D eigenvalue weighted by molar-refractivity contribution is 7.93. The first kappa shape index (κ1) is 20.4. The maximum absolute atomic E-state index is 12.9. The van der Waals surface area contributed by atoms with Crippen LogP contribution < -0.4 is 10.5 Å². The third-order valence-electron chi connectivity index (χ3n) is 5.46. The summed E-state index contributed by atoms with van der Waals surface area (Å²) in [5.74, 6) is 0. The Morgan fingerprint density at radius 1 is 1.31 bits per heavy atom. The second-order valence-electron chi connectivity index (χ2n) is 7.74. The molecule has 1 aromatic heterocycles. The Morgan fingerprint density at radius 2 is 1.93 bits per heavy atom. The van der Waals surface area contributed by atoms with Gasteiger partial charge in [-0.05, 0) is 67.7 Å². The van der Waals surface area contributed by atoms with Crippen LogP contribution in [0.1, 0.15) is 47.0 Å². The Labute approximate surface area is 173 Å². The predicted molar refractivity (Wildman–Crippen MR) is 111 cm³/mol. The molecule has 2 aliphatic carbocycles. The van der Waals surface area contributed by atoms with Gasteiger partial charge in [0.25, 0.3) is 0 Å². The van der Waals surface area contributed by atoms with Gasteiger partial charge < -0.3 is 15.5 Å². The lowest BCUT2D eigenvalue weighted by molar-refractivity contribution is -0.00244. The molecule has 0 saturated heterocycles. The van der Waals surface area contributed by atoms with Gasteiger partial charge in [-0.3, -0.25) is 0 Å². The van der Waals surface area contributed by atoms with Crippen molar-refractivity contribution in [3.05, 3.63) is 39.5 Å². The molecule has 0 bridgehead atoms. The van der Waals surface area contributed by atoms with Crippen LogP contribution in [-0.2, 0) is 41.2 Å². The van der Waals surface area contributed by atoms with Crippen LogP contribution in [0.15, 0.2) is 20.8 Å². The quantitative estimate of drug-likeness (QED) is 0.582. The lowest BCUT2D eigenvalue weighted by Crippen LogP contribution is -2.25. The van der Waals surface area contributed by atoms with E-state index in [0.717, 1.165) is 66.7 Å². The van der Waals surface area contributed by atoms with E-state index >= 15 is 0 Å². The maximum atomic E-state index is 12.9. The maximum Gasteiger partial charge on any atom is 0.354 e. The molecule has 2 atom stereocenters. The lowest BCUT2D eigenvalue weighted by Gasteiger charge is -2.16. The molecule has 1 unspecified atom stereocenters. The van der Waals surface area contributed by atoms with Gasteiger partial charge >= 0.3 is 6.03 Å². The molecule has 1 aromatic carbocycles. The van der Waals surface area contributed by atoms with Gasteiger partial charge in [0, 0.05) is 5.69 Å². The Kier molecular flexibility index (Phi) is 5.24. The summed E-state index contributed by atoms with van der Waals surface area (Å²) < 4.78 is 16.7. The molecule has 0 spiro atoms. The van der Waals surface area contributed by atoms with Crippen molar-refractivity contribution < 1.29 is 19.2 Å². The van der Waals surface area contributed by atoms with Gasteiger partial charge in [-0.25, -0.2) is 19.1 Å². The van der Waals surface area contributed by atoms with Gasteiger partial charge in [-0.2, -0.15) is 0 Å². The molecule has 4 rings (SSSR count). The normalized spacial score (nSPS) is 19.2.